The van der Waals surface area contributed by atoms with E-state index < -0.39 is 9.84 Å². The van der Waals surface area contributed by atoms with E-state index in [-0.39, 0.29) is 10.6 Å². The van der Waals surface area contributed by atoms with E-state index in [2.05, 4.69) is 12.2 Å². The normalized spacial score (nSPS) is 21.2. The fourth-order valence-corrected chi connectivity index (χ4v) is 3.24. The first-order valence-corrected chi connectivity index (χ1v) is 9.04. The van der Waals surface area contributed by atoms with Crippen molar-refractivity contribution in [2.75, 3.05) is 12.9 Å². The molecule has 0 amide bonds. The van der Waals surface area contributed by atoms with Crippen LogP contribution in [0.25, 0.3) is 0 Å². The van der Waals surface area contributed by atoms with Crippen molar-refractivity contribution in [3.05, 3.63) is 47.7 Å². The van der Waals surface area contributed by atoms with Gasteiger partial charge in [-0.3, -0.25) is 0 Å². The Labute approximate surface area is 130 Å². The number of hydrogen-bond donors (Lipinski definition) is 1. The first kappa shape index (κ1) is 15.1. The summed E-state index contributed by atoms with van der Waals surface area (Å²) in [6.45, 7) is 3.22. The van der Waals surface area contributed by atoms with Gasteiger partial charge in [0.1, 0.15) is 11.5 Å². The highest BCUT2D eigenvalue weighted by Gasteiger charge is 2.32. The number of para-hydroxylation sites is 1. The number of hydrogen-bond acceptors (Lipinski definition) is 5. The molecular formula is C16H19NO4S. The molecule has 0 fully saturated rings. The second-order valence-corrected chi connectivity index (χ2v) is 7.72. The van der Waals surface area contributed by atoms with Crippen molar-refractivity contribution in [2.24, 2.45) is 0 Å². The van der Waals surface area contributed by atoms with Gasteiger partial charge in [0.05, 0.1) is 13.2 Å². The highest BCUT2D eigenvalue weighted by Crippen LogP contribution is 2.36. The summed E-state index contributed by atoms with van der Waals surface area (Å²) in [5.41, 5.74) is 0.878. The summed E-state index contributed by atoms with van der Waals surface area (Å²) in [6, 6.07) is 11.1. The van der Waals surface area contributed by atoms with Crippen molar-refractivity contribution in [3.8, 4) is 5.75 Å². The molecule has 1 aromatic carbocycles. The van der Waals surface area contributed by atoms with Gasteiger partial charge in [0.2, 0.25) is 14.9 Å². The summed E-state index contributed by atoms with van der Waals surface area (Å²) < 4.78 is 34.0. The lowest BCUT2D eigenvalue weighted by molar-refractivity contribution is 0.192. The molecule has 1 aliphatic heterocycles. The van der Waals surface area contributed by atoms with E-state index in [4.69, 9.17) is 9.15 Å². The van der Waals surface area contributed by atoms with Crippen LogP contribution in [0.4, 0.5) is 0 Å². The van der Waals surface area contributed by atoms with Crippen LogP contribution in [0, 0.1) is 0 Å². The summed E-state index contributed by atoms with van der Waals surface area (Å²) in [5.74, 6) is 1.49. The molecular weight excluding hydrogens is 302 g/mol. The molecule has 0 saturated carbocycles. The van der Waals surface area contributed by atoms with Gasteiger partial charge in [0.25, 0.3) is 0 Å². The minimum absolute atomic E-state index is 0.00170. The molecule has 2 heterocycles. The second-order valence-electron chi connectivity index (χ2n) is 5.77. The lowest BCUT2D eigenvalue weighted by atomic mass is 9.86. The average molecular weight is 321 g/mol. The molecule has 118 valence electrons. The maximum absolute atomic E-state index is 11.4. The topological polar surface area (TPSA) is 68.5 Å². The molecule has 0 bridgehead atoms. The maximum atomic E-state index is 11.4. The van der Waals surface area contributed by atoms with Gasteiger partial charge in [-0.25, -0.2) is 8.42 Å². The molecule has 2 aromatic rings. The molecule has 1 unspecified atom stereocenters. The van der Waals surface area contributed by atoms with E-state index in [1.54, 1.807) is 6.07 Å². The Bertz CT molecular complexity index is 781. The van der Waals surface area contributed by atoms with E-state index in [1.807, 2.05) is 24.3 Å². The first-order valence-electron chi connectivity index (χ1n) is 7.15. The highest BCUT2D eigenvalue weighted by molar-refractivity contribution is 7.90. The standard InChI is InChI=1S/C16H19NO4S/c1-16(9-10-20-14-6-4-3-5-13(14)16)17-11-12-7-8-15(21-12)22(2,18)19/h3-8,17H,9-11H2,1-2H3. The summed E-state index contributed by atoms with van der Waals surface area (Å²) in [5, 5.41) is 3.47. The molecule has 0 radical (unpaired) electrons. The zero-order valence-corrected chi connectivity index (χ0v) is 13.4. The number of fused-ring (bicyclic) bond motifs is 1. The van der Waals surface area contributed by atoms with Crippen LogP contribution in [-0.2, 0) is 21.9 Å². The average Bonchev–Trinajstić information content (AvgIpc) is 2.95. The third-order valence-electron chi connectivity index (χ3n) is 4.00. The van der Waals surface area contributed by atoms with E-state index >= 15 is 0 Å². The second kappa shape index (κ2) is 5.44. The van der Waals surface area contributed by atoms with Crippen LogP contribution < -0.4 is 10.1 Å². The van der Waals surface area contributed by atoms with Gasteiger partial charge < -0.3 is 14.5 Å². The van der Waals surface area contributed by atoms with Gasteiger partial charge in [-0.15, -0.1) is 0 Å². The summed E-state index contributed by atoms with van der Waals surface area (Å²) in [4.78, 5) is 0. The molecule has 22 heavy (non-hydrogen) atoms. The van der Waals surface area contributed by atoms with Crippen molar-refractivity contribution in [2.45, 2.75) is 30.5 Å². The van der Waals surface area contributed by atoms with E-state index in [0.717, 1.165) is 24.0 Å². The highest BCUT2D eigenvalue weighted by atomic mass is 32.2. The van der Waals surface area contributed by atoms with Crippen LogP contribution >= 0.6 is 0 Å². The number of rotatable bonds is 4. The van der Waals surface area contributed by atoms with Gasteiger partial charge in [-0.1, -0.05) is 18.2 Å². The number of benzene rings is 1. The Morgan fingerprint density at radius 2 is 2.00 bits per heavy atom. The monoisotopic (exact) mass is 321 g/mol. The van der Waals surface area contributed by atoms with E-state index in [1.165, 1.54) is 6.07 Å². The van der Waals surface area contributed by atoms with Crippen molar-refractivity contribution in [1.82, 2.24) is 5.32 Å². The van der Waals surface area contributed by atoms with Gasteiger partial charge >= 0.3 is 0 Å². The Hall–Kier alpha value is -1.79. The van der Waals surface area contributed by atoms with E-state index in [9.17, 15) is 8.42 Å². The third kappa shape index (κ3) is 2.89. The lowest BCUT2D eigenvalue weighted by Crippen LogP contribution is -2.43. The van der Waals surface area contributed by atoms with Crippen molar-refractivity contribution in [3.63, 3.8) is 0 Å². The molecule has 1 aromatic heterocycles. The van der Waals surface area contributed by atoms with Crippen LogP contribution in [0.2, 0.25) is 0 Å². The predicted octanol–water partition coefficient (Wildman–Crippen LogP) is 2.47. The Morgan fingerprint density at radius 3 is 2.73 bits per heavy atom. The number of furan rings is 1. The first-order chi connectivity index (χ1) is 10.4. The fraction of sp³-hybridized carbons (Fsp3) is 0.375. The molecule has 0 spiro atoms. The molecule has 1 N–H and O–H groups in total. The van der Waals surface area contributed by atoms with Crippen molar-refractivity contribution < 1.29 is 17.6 Å². The molecule has 1 aliphatic rings. The number of ether oxygens (including phenoxy) is 1. The maximum Gasteiger partial charge on any atom is 0.217 e. The van der Waals surface area contributed by atoms with Crippen LogP contribution in [-0.4, -0.2) is 21.3 Å². The Kier molecular flexibility index (Phi) is 3.74. The third-order valence-corrected chi connectivity index (χ3v) is 4.95. The molecule has 0 aliphatic carbocycles. The van der Waals surface area contributed by atoms with Gasteiger partial charge in [0, 0.05) is 23.8 Å². The predicted molar refractivity (Wildman–Crippen MR) is 82.6 cm³/mol. The van der Waals surface area contributed by atoms with E-state index in [0.29, 0.717) is 18.9 Å². The Balaban J connectivity index is 1.78. The van der Waals surface area contributed by atoms with Crippen LogP contribution in [0.5, 0.6) is 5.75 Å². The van der Waals surface area contributed by atoms with Gasteiger partial charge in [-0.2, -0.15) is 0 Å². The molecule has 1 atom stereocenters. The molecule has 3 rings (SSSR count). The minimum Gasteiger partial charge on any atom is -0.493 e. The van der Waals surface area contributed by atoms with Gasteiger partial charge in [-0.05, 0) is 25.1 Å². The van der Waals surface area contributed by atoms with Crippen molar-refractivity contribution >= 4 is 9.84 Å². The quantitative estimate of drug-likeness (QED) is 0.937. The molecule has 5 nitrogen and oxygen atoms in total. The van der Waals surface area contributed by atoms with Gasteiger partial charge in [0.15, 0.2) is 0 Å². The van der Waals surface area contributed by atoms with Crippen LogP contribution in [0.15, 0.2) is 45.9 Å². The van der Waals surface area contributed by atoms with Crippen LogP contribution in [0.3, 0.4) is 0 Å². The van der Waals surface area contributed by atoms with Crippen molar-refractivity contribution in [1.29, 1.82) is 0 Å². The molecule has 0 saturated heterocycles. The lowest BCUT2D eigenvalue weighted by Gasteiger charge is -2.36. The largest absolute Gasteiger partial charge is 0.493 e. The molecule has 6 heteroatoms. The fourth-order valence-electron chi connectivity index (χ4n) is 2.67. The summed E-state index contributed by atoms with van der Waals surface area (Å²) in [7, 11) is -3.30. The summed E-state index contributed by atoms with van der Waals surface area (Å²) >= 11 is 0. The minimum atomic E-state index is -3.30. The number of sulfone groups is 1. The van der Waals surface area contributed by atoms with Crippen LogP contribution in [0.1, 0.15) is 24.7 Å². The smallest absolute Gasteiger partial charge is 0.217 e. The zero-order chi connectivity index (χ0) is 15.8. The summed E-state index contributed by atoms with van der Waals surface area (Å²) in [6.07, 6.45) is 1.97. The Morgan fingerprint density at radius 1 is 1.23 bits per heavy atom. The zero-order valence-electron chi connectivity index (χ0n) is 12.6. The number of nitrogens with one attached hydrogen (secondary N) is 1. The SMILES string of the molecule is CC1(NCc2ccc(S(C)(=O)=O)o2)CCOc2ccccc21.